The van der Waals surface area contributed by atoms with Crippen LogP contribution in [0.2, 0.25) is 0 Å². The number of ether oxygens (including phenoxy) is 2. The highest BCUT2D eigenvalue weighted by molar-refractivity contribution is 7.84. The summed E-state index contributed by atoms with van der Waals surface area (Å²) in [5.74, 6) is -0.726. The molecule has 0 spiro atoms. The number of halogens is 1. The second kappa shape index (κ2) is 13.7. The standard InChI is InChI=1S/C38H44FN3O5S/c1-36(2,3)26-8-7-9-27(21-26)38(18-19-38)42-23-32(46-35(42)45)30(41-34(44)47-37(4,5)6)20-24-10-16-29(17-11-24)40-33(48)22-31(43)25-12-14-28(39)15-13-25/h7-17,21-22,30,32,40,48H,18-20,23H2,1-6H3,(H,41,44)/t30-,32+/m0/s1. The quantitative estimate of drug-likeness (QED) is 0.114. The molecular weight excluding hydrogens is 629 g/mol. The van der Waals surface area contributed by atoms with Crippen molar-refractivity contribution in [2.75, 3.05) is 11.9 Å². The van der Waals surface area contributed by atoms with E-state index in [-0.39, 0.29) is 11.2 Å². The summed E-state index contributed by atoms with van der Waals surface area (Å²) in [6.45, 7) is 12.2. The highest BCUT2D eigenvalue weighted by Crippen LogP contribution is 2.53. The molecule has 0 aromatic heterocycles. The van der Waals surface area contributed by atoms with Gasteiger partial charge in [0.25, 0.3) is 0 Å². The smallest absolute Gasteiger partial charge is 0.411 e. The lowest BCUT2D eigenvalue weighted by Crippen LogP contribution is -2.48. The van der Waals surface area contributed by atoms with Crippen LogP contribution in [0.3, 0.4) is 0 Å². The molecule has 1 aliphatic heterocycles. The van der Waals surface area contributed by atoms with Gasteiger partial charge >= 0.3 is 12.2 Å². The average molecular weight is 674 g/mol. The molecule has 3 aromatic rings. The summed E-state index contributed by atoms with van der Waals surface area (Å²) in [7, 11) is 0. The molecule has 3 aromatic carbocycles. The minimum Gasteiger partial charge on any atom is -0.444 e. The fourth-order valence-electron chi connectivity index (χ4n) is 5.87. The van der Waals surface area contributed by atoms with Crippen LogP contribution in [0.4, 0.5) is 19.7 Å². The van der Waals surface area contributed by atoms with Gasteiger partial charge in [-0.2, -0.15) is 0 Å². The number of nitrogens with zero attached hydrogens (tertiary/aromatic N) is 1. The fourth-order valence-corrected chi connectivity index (χ4v) is 6.12. The zero-order valence-corrected chi connectivity index (χ0v) is 29.2. The summed E-state index contributed by atoms with van der Waals surface area (Å²) < 4.78 is 24.8. The van der Waals surface area contributed by atoms with Crippen LogP contribution >= 0.6 is 12.6 Å². The molecule has 48 heavy (non-hydrogen) atoms. The van der Waals surface area contributed by atoms with Crippen LogP contribution in [0.25, 0.3) is 0 Å². The van der Waals surface area contributed by atoms with Crippen molar-refractivity contribution in [2.45, 2.75) is 89.5 Å². The molecule has 0 bridgehead atoms. The van der Waals surface area contributed by atoms with Gasteiger partial charge in [0.1, 0.15) is 17.5 Å². The number of rotatable bonds is 10. The van der Waals surface area contributed by atoms with Crippen LogP contribution in [0, 0.1) is 5.82 Å². The number of carbonyl (C=O) groups is 3. The first-order valence-electron chi connectivity index (χ1n) is 16.2. The maximum Gasteiger partial charge on any atom is 0.411 e. The topological polar surface area (TPSA) is 97.0 Å². The minimum absolute atomic E-state index is 0.0280. The Morgan fingerprint density at radius 2 is 1.71 bits per heavy atom. The number of anilines is 1. The Labute approximate surface area is 287 Å². The monoisotopic (exact) mass is 673 g/mol. The molecule has 10 heteroatoms. The predicted molar refractivity (Wildman–Crippen MR) is 188 cm³/mol. The number of cyclic esters (lactones) is 1. The number of benzene rings is 3. The molecule has 1 saturated carbocycles. The molecule has 8 nitrogen and oxygen atoms in total. The minimum atomic E-state index is -0.702. The van der Waals surface area contributed by atoms with Gasteiger partial charge in [-0.25, -0.2) is 14.0 Å². The molecule has 254 valence electrons. The van der Waals surface area contributed by atoms with Crippen LogP contribution in [0.1, 0.15) is 81.4 Å². The molecule has 0 radical (unpaired) electrons. The van der Waals surface area contributed by atoms with Crippen molar-refractivity contribution in [3.63, 3.8) is 0 Å². The zero-order chi connectivity index (χ0) is 34.9. The second-order valence-electron chi connectivity index (χ2n) is 14.6. The Kier molecular flexibility index (Phi) is 9.97. The van der Waals surface area contributed by atoms with Gasteiger partial charge in [-0.1, -0.05) is 57.2 Å². The van der Waals surface area contributed by atoms with Gasteiger partial charge in [0.05, 0.1) is 23.2 Å². The van der Waals surface area contributed by atoms with Crippen LogP contribution in [0.5, 0.6) is 0 Å². The van der Waals surface area contributed by atoms with Crippen molar-refractivity contribution in [3.8, 4) is 0 Å². The molecule has 1 aliphatic carbocycles. The molecule has 5 rings (SSSR count). The van der Waals surface area contributed by atoms with E-state index in [9.17, 15) is 18.8 Å². The molecule has 2 amide bonds. The van der Waals surface area contributed by atoms with Crippen molar-refractivity contribution in [2.24, 2.45) is 0 Å². The van der Waals surface area contributed by atoms with E-state index in [1.54, 1.807) is 20.8 Å². The molecule has 2 atom stereocenters. The van der Waals surface area contributed by atoms with Crippen LogP contribution in [0.15, 0.2) is 83.9 Å². The van der Waals surface area contributed by atoms with E-state index in [4.69, 9.17) is 9.47 Å². The van der Waals surface area contributed by atoms with Gasteiger partial charge in [-0.3, -0.25) is 9.69 Å². The van der Waals surface area contributed by atoms with Crippen molar-refractivity contribution < 1.29 is 28.2 Å². The zero-order valence-electron chi connectivity index (χ0n) is 28.3. The van der Waals surface area contributed by atoms with E-state index in [0.717, 1.165) is 24.0 Å². The summed E-state index contributed by atoms with van der Waals surface area (Å²) in [5, 5.41) is 6.37. The fraction of sp³-hybridized carbons (Fsp3) is 0.395. The molecule has 2 fully saturated rings. The van der Waals surface area contributed by atoms with Crippen LogP contribution in [-0.4, -0.2) is 47.2 Å². The van der Waals surface area contributed by atoms with E-state index in [0.29, 0.717) is 29.2 Å². The summed E-state index contributed by atoms with van der Waals surface area (Å²) in [6.07, 6.45) is 1.82. The number of amides is 2. The number of ketones is 1. The van der Waals surface area contributed by atoms with Gasteiger partial charge in [0.2, 0.25) is 0 Å². The molecule has 1 heterocycles. The number of hydrogen-bond donors (Lipinski definition) is 3. The van der Waals surface area contributed by atoms with Gasteiger partial charge in [-0.05, 0) is 98.5 Å². The first-order valence-corrected chi connectivity index (χ1v) is 16.6. The molecule has 2 aliphatic rings. The number of hydrogen-bond acceptors (Lipinski definition) is 7. The van der Waals surface area contributed by atoms with Gasteiger partial charge in [0.15, 0.2) is 5.78 Å². The van der Waals surface area contributed by atoms with E-state index >= 15 is 0 Å². The highest BCUT2D eigenvalue weighted by Gasteiger charge is 2.56. The first kappa shape index (κ1) is 35.0. The Balaban J connectivity index is 1.30. The lowest BCUT2D eigenvalue weighted by Gasteiger charge is -2.29. The van der Waals surface area contributed by atoms with E-state index in [1.165, 1.54) is 35.9 Å². The average Bonchev–Trinajstić information content (AvgIpc) is 3.71. The Morgan fingerprint density at radius 3 is 2.31 bits per heavy atom. The predicted octanol–water partition coefficient (Wildman–Crippen LogP) is 8.14. The Bertz CT molecular complexity index is 1690. The summed E-state index contributed by atoms with van der Waals surface area (Å²) in [5.41, 5.74) is 3.08. The van der Waals surface area contributed by atoms with E-state index in [1.807, 2.05) is 29.2 Å². The third-order valence-corrected chi connectivity index (χ3v) is 8.81. The summed E-state index contributed by atoms with van der Waals surface area (Å²) >= 11 is 4.39. The lowest BCUT2D eigenvalue weighted by atomic mass is 9.85. The second-order valence-corrected chi connectivity index (χ2v) is 15.1. The van der Waals surface area contributed by atoms with Crippen molar-refractivity contribution in [1.82, 2.24) is 10.2 Å². The Hall–Kier alpha value is -4.31. The summed E-state index contributed by atoms with van der Waals surface area (Å²) in [6, 6.07) is 20.6. The number of nitrogens with one attached hydrogen (secondary N) is 2. The van der Waals surface area contributed by atoms with E-state index in [2.05, 4.69) is 68.3 Å². The number of alkyl carbamates (subject to hydrolysis) is 1. The summed E-state index contributed by atoms with van der Waals surface area (Å²) in [4.78, 5) is 40.7. The molecule has 2 N–H and O–H groups in total. The number of carbonyl (C=O) groups excluding carboxylic acids is 3. The van der Waals surface area contributed by atoms with Gasteiger partial charge < -0.3 is 20.1 Å². The highest BCUT2D eigenvalue weighted by atomic mass is 32.1. The molecular formula is C38H44FN3O5S. The van der Waals surface area contributed by atoms with Gasteiger partial charge in [0, 0.05) is 17.3 Å². The third kappa shape index (κ3) is 8.58. The van der Waals surface area contributed by atoms with Gasteiger partial charge in [-0.15, -0.1) is 12.6 Å². The van der Waals surface area contributed by atoms with Crippen molar-refractivity contribution >= 4 is 36.3 Å². The maximum absolute atomic E-state index is 13.4. The van der Waals surface area contributed by atoms with Crippen molar-refractivity contribution in [1.29, 1.82) is 0 Å². The van der Waals surface area contributed by atoms with Crippen molar-refractivity contribution in [3.05, 3.63) is 112 Å². The number of thiol groups is 1. The van der Waals surface area contributed by atoms with Crippen LogP contribution in [-0.2, 0) is 26.8 Å². The molecule has 0 unspecified atom stereocenters. The SMILES string of the molecule is CC(C)(C)OC(=O)N[C@@H](Cc1ccc(NC(S)=CC(=O)c2ccc(F)cc2)cc1)[C@H]1CN(C2(c3cccc(C(C)(C)C)c3)CC2)C(=O)O1. The normalized spacial score (nSPS) is 18.2. The number of allylic oxidation sites excluding steroid dienone is 1. The molecule has 1 saturated heterocycles. The van der Waals surface area contributed by atoms with Crippen LogP contribution < -0.4 is 10.6 Å². The lowest BCUT2D eigenvalue weighted by molar-refractivity contribution is 0.0436. The third-order valence-electron chi connectivity index (χ3n) is 8.57. The Morgan fingerprint density at radius 1 is 1.04 bits per heavy atom. The largest absolute Gasteiger partial charge is 0.444 e. The maximum atomic E-state index is 13.4. The first-order chi connectivity index (χ1) is 22.5. The van der Waals surface area contributed by atoms with E-state index < -0.39 is 41.3 Å².